The maximum absolute atomic E-state index is 13.4. The molecule has 0 fully saturated rings. The number of amides is 1. The SMILES string of the molecule is CC(C)(C)NC(=O)c1cc(F)c(F)c(O)c1F. The van der Waals surface area contributed by atoms with Gasteiger partial charge in [0, 0.05) is 5.54 Å². The van der Waals surface area contributed by atoms with Crippen LogP contribution in [-0.2, 0) is 0 Å². The predicted octanol–water partition coefficient (Wildman–Crippen LogP) is 2.34. The van der Waals surface area contributed by atoms with Gasteiger partial charge in [-0.25, -0.2) is 8.78 Å². The number of hydrogen-bond acceptors (Lipinski definition) is 2. The average molecular weight is 247 g/mol. The largest absolute Gasteiger partial charge is 0.503 e. The first-order valence-corrected chi connectivity index (χ1v) is 4.82. The van der Waals surface area contributed by atoms with E-state index >= 15 is 0 Å². The van der Waals surface area contributed by atoms with Crippen molar-refractivity contribution in [1.29, 1.82) is 0 Å². The van der Waals surface area contributed by atoms with Gasteiger partial charge in [-0.3, -0.25) is 4.79 Å². The molecule has 0 unspecified atom stereocenters. The quantitative estimate of drug-likeness (QED) is 0.748. The van der Waals surface area contributed by atoms with Crippen LogP contribution >= 0.6 is 0 Å². The van der Waals surface area contributed by atoms with Gasteiger partial charge in [-0.1, -0.05) is 0 Å². The highest BCUT2D eigenvalue weighted by Crippen LogP contribution is 2.26. The van der Waals surface area contributed by atoms with Crippen LogP contribution in [0.1, 0.15) is 31.1 Å². The van der Waals surface area contributed by atoms with Crippen molar-refractivity contribution in [3.8, 4) is 5.75 Å². The number of halogens is 3. The van der Waals surface area contributed by atoms with Crippen LogP contribution in [0.3, 0.4) is 0 Å². The minimum absolute atomic E-state index is 0.408. The van der Waals surface area contributed by atoms with Crippen LogP contribution in [0.5, 0.6) is 5.75 Å². The van der Waals surface area contributed by atoms with Gasteiger partial charge in [0.15, 0.2) is 17.4 Å². The molecule has 0 atom stereocenters. The fraction of sp³-hybridized carbons (Fsp3) is 0.364. The van der Waals surface area contributed by atoms with E-state index in [1.807, 2.05) is 0 Å². The molecule has 0 aliphatic heterocycles. The molecule has 0 saturated heterocycles. The van der Waals surface area contributed by atoms with E-state index in [-0.39, 0.29) is 0 Å². The molecule has 0 bridgehead atoms. The number of phenols is 1. The zero-order valence-electron chi connectivity index (χ0n) is 9.57. The van der Waals surface area contributed by atoms with Crippen LogP contribution in [0, 0.1) is 17.5 Å². The molecule has 1 aromatic rings. The Hall–Kier alpha value is -1.72. The van der Waals surface area contributed by atoms with E-state index in [0.29, 0.717) is 6.07 Å². The minimum Gasteiger partial charge on any atom is -0.503 e. The van der Waals surface area contributed by atoms with Gasteiger partial charge in [0.1, 0.15) is 0 Å². The second-order valence-electron chi connectivity index (χ2n) is 4.59. The Bertz CT molecular complexity index is 467. The molecule has 94 valence electrons. The molecular weight excluding hydrogens is 235 g/mol. The minimum atomic E-state index is -1.71. The van der Waals surface area contributed by atoms with E-state index in [1.165, 1.54) is 0 Å². The summed E-state index contributed by atoms with van der Waals surface area (Å²) in [7, 11) is 0. The first-order valence-electron chi connectivity index (χ1n) is 4.82. The lowest BCUT2D eigenvalue weighted by Gasteiger charge is -2.20. The first-order chi connectivity index (χ1) is 7.63. The van der Waals surface area contributed by atoms with Crippen molar-refractivity contribution < 1.29 is 23.1 Å². The van der Waals surface area contributed by atoms with Gasteiger partial charge in [0.25, 0.3) is 5.91 Å². The molecule has 2 N–H and O–H groups in total. The summed E-state index contributed by atoms with van der Waals surface area (Å²) in [6.07, 6.45) is 0. The molecule has 0 spiro atoms. The van der Waals surface area contributed by atoms with E-state index in [1.54, 1.807) is 20.8 Å². The van der Waals surface area contributed by atoms with Crippen LogP contribution in [-0.4, -0.2) is 16.6 Å². The van der Waals surface area contributed by atoms with Gasteiger partial charge >= 0.3 is 0 Å². The Kier molecular flexibility index (Phi) is 3.35. The zero-order valence-corrected chi connectivity index (χ0v) is 9.57. The molecular formula is C11H12F3NO2. The lowest BCUT2D eigenvalue weighted by atomic mass is 10.1. The second-order valence-corrected chi connectivity index (χ2v) is 4.59. The highest BCUT2D eigenvalue weighted by Gasteiger charge is 2.24. The average Bonchev–Trinajstić information content (AvgIpc) is 2.17. The number of hydrogen-bond donors (Lipinski definition) is 2. The number of nitrogens with one attached hydrogen (secondary N) is 1. The maximum Gasteiger partial charge on any atom is 0.254 e. The molecule has 1 rings (SSSR count). The van der Waals surface area contributed by atoms with E-state index in [2.05, 4.69) is 5.32 Å². The molecule has 0 aliphatic carbocycles. The van der Waals surface area contributed by atoms with Crippen molar-refractivity contribution in [2.45, 2.75) is 26.3 Å². The smallest absolute Gasteiger partial charge is 0.254 e. The molecule has 0 radical (unpaired) electrons. The second kappa shape index (κ2) is 4.27. The molecule has 6 heteroatoms. The summed E-state index contributed by atoms with van der Waals surface area (Å²) in [6, 6.07) is 0.408. The molecule has 0 aromatic heterocycles. The lowest BCUT2D eigenvalue weighted by Crippen LogP contribution is -2.41. The third-order valence-corrected chi connectivity index (χ3v) is 1.87. The van der Waals surface area contributed by atoms with Crippen molar-refractivity contribution in [1.82, 2.24) is 5.32 Å². The Morgan fingerprint density at radius 3 is 2.24 bits per heavy atom. The van der Waals surface area contributed by atoms with Crippen LogP contribution in [0.2, 0.25) is 0 Å². The highest BCUT2D eigenvalue weighted by molar-refractivity contribution is 5.95. The van der Waals surface area contributed by atoms with E-state index < -0.39 is 40.2 Å². The van der Waals surface area contributed by atoms with Crippen molar-refractivity contribution in [2.75, 3.05) is 0 Å². The number of carbonyl (C=O) groups is 1. The molecule has 0 heterocycles. The normalized spacial score (nSPS) is 11.4. The molecule has 0 aliphatic rings. The summed E-state index contributed by atoms with van der Waals surface area (Å²) < 4.78 is 39.1. The number of carbonyl (C=O) groups excluding carboxylic acids is 1. The number of rotatable bonds is 1. The third-order valence-electron chi connectivity index (χ3n) is 1.87. The van der Waals surface area contributed by atoms with Crippen molar-refractivity contribution in [3.05, 3.63) is 29.1 Å². The Morgan fingerprint density at radius 1 is 1.24 bits per heavy atom. The first kappa shape index (κ1) is 13.3. The van der Waals surface area contributed by atoms with Gasteiger partial charge in [0.2, 0.25) is 5.82 Å². The van der Waals surface area contributed by atoms with Crippen LogP contribution in [0.15, 0.2) is 6.07 Å². The number of benzene rings is 1. The standard InChI is InChI=1S/C11H12F3NO2/c1-11(2,3)15-10(17)5-4-6(12)8(14)9(16)7(5)13/h4,16H,1-3H3,(H,15,17). The summed E-state index contributed by atoms with van der Waals surface area (Å²) in [5.41, 5.74) is -1.40. The molecule has 17 heavy (non-hydrogen) atoms. The lowest BCUT2D eigenvalue weighted by molar-refractivity contribution is 0.0913. The van der Waals surface area contributed by atoms with Crippen molar-refractivity contribution in [3.63, 3.8) is 0 Å². The summed E-state index contributed by atoms with van der Waals surface area (Å²) in [5.74, 6) is -7.10. The predicted molar refractivity (Wildman–Crippen MR) is 55.2 cm³/mol. The van der Waals surface area contributed by atoms with Gasteiger partial charge in [-0.05, 0) is 26.8 Å². The van der Waals surface area contributed by atoms with Crippen LogP contribution < -0.4 is 5.32 Å². The Balaban J connectivity index is 3.20. The fourth-order valence-electron chi connectivity index (χ4n) is 1.16. The molecule has 3 nitrogen and oxygen atoms in total. The Labute approximate surface area is 96.3 Å². The fourth-order valence-corrected chi connectivity index (χ4v) is 1.16. The van der Waals surface area contributed by atoms with E-state index in [0.717, 1.165) is 0 Å². The van der Waals surface area contributed by atoms with Crippen LogP contribution in [0.25, 0.3) is 0 Å². The number of phenolic OH excluding ortho intramolecular Hbond substituents is 1. The topological polar surface area (TPSA) is 49.3 Å². The van der Waals surface area contributed by atoms with Crippen molar-refractivity contribution >= 4 is 5.91 Å². The van der Waals surface area contributed by atoms with Gasteiger partial charge in [0.05, 0.1) is 5.56 Å². The molecule has 1 aromatic carbocycles. The monoisotopic (exact) mass is 247 g/mol. The van der Waals surface area contributed by atoms with Crippen molar-refractivity contribution in [2.24, 2.45) is 0 Å². The Morgan fingerprint density at radius 2 is 1.76 bits per heavy atom. The summed E-state index contributed by atoms with van der Waals surface area (Å²) in [5, 5.41) is 11.3. The van der Waals surface area contributed by atoms with Gasteiger partial charge < -0.3 is 10.4 Å². The van der Waals surface area contributed by atoms with Gasteiger partial charge in [-0.15, -0.1) is 0 Å². The third kappa shape index (κ3) is 2.89. The molecule has 1 amide bonds. The van der Waals surface area contributed by atoms with E-state index in [9.17, 15) is 18.0 Å². The number of aromatic hydroxyl groups is 1. The summed E-state index contributed by atoms with van der Waals surface area (Å²) in [4.78, 5) is 11.5. The zero-order chi connectivity index (χ0) is 13.4. The van der Waals surface area contributed by atoms with Gasteiger partial charge in [-0.2, -0.15) is 4.39 Å². The summed E-state index contributed by atoms with van der Waals surface area (Å²) in [6.45, 7) is 4.92. The maximum atomic E-state index is 13.4. The highest BCUT2D eigenvalue weighted by atomic mass is 19.2. The molecule has 0 saturated carbocycles. The van der Waals surface area contributed by atoms with Crippen LogP contribution in [0.4, 0.5) is 13.2 Å². The van der Waals surface area contributed by atoms with E-state index in [4.69, 9.17) is 5.11 Å². The summed E-state index contributed by atoms with van der Waals surface area (Å²) >= 11 is 0.